The van der Waals surface area contributed by atoms with Gasteiger partial charge in [0.05, 0.1) is 12.2 Å². The second-order valence-electron chi connectivity index (χ2n) is 12.6. The predicted octanol–water partition coefficient (Wildman–Crippen LogP) is 4.42. The van der Waals surface area contributed by atoms with Gasteiger partial charge in [-0.1, -0.05) is 33.6 Å². The van der Waals surface area contributed by atoms with E-state index in [-0.39, 0.29) is 41.6 Å². The minimum atomic E-state index is -5.66. The highest BCUT2D eigenvalue weighted by Gasteiger charge is 2.65. The fraction of sp³-hybridized carbons (Fsp3) is 0.962. The van der Waals surface area contributed by atoms with Gasteiger partial charge in [0.1, 0.15) is 0 Å². The van der Waals surface area contributed by atoms with E-state index in [4.69, 9.17) is 4.55 Å². The zero-order valence-electron chi connectivity index (χ0n) is 21.5. The highest BCUT2D eigenvalue weighted by Crippen LogP contribution is 2.68. The van der Waals surface area contributed by atoms with Gasteiger partial charge in [-0.3, -0.25) is 9.35 Å². The van der Waals surface area contributed by atoms with Crippen molar-refractivity contribution < 1.29 is 41.5 Å². The number of carbonyl (C=O) groups is 1. The second-order valence-corrected chi connectivity index (χ2v) is 14.2. The van der Waals surface area contributed by atoms with Crippen LogP contribution in [0.1, 0.15) is 85.0 Å². The molecular formula is C26H42F2O7S. The highest BCUT2D eigenvalue weighted by molar-refractivity contribution is 7.86. The third-order valence-corrected chi connectivity index (χ3v) is 11.9. The number of rotatable bonds is 7. The van der Waals surface area contributed by atoms with Crippen molar-refractivity contribution in [3.63, 3.8) is 0 Å². The first-order valence-corrected chi connectivity index (χ1v) is 14.9. The molecule has 3 N–H and O–H groups in total. The van der Waals surface area contributed by atoms with Crippen LogP contribution in [0.4, 0.5) is 8.78 Å². The molecule has 0 aliphatic heterocycles. The summed E-state index contributed by atoms with van der Waals surface area (Å²) in [5.41, 5.74) is -0.247. The number of halogens is 2. The Hall–Kier alpha value is -0.840. The molecule has 4 rings (SSSR count). The number of fused-ring (bicyclic) bond motifs is 5. The first kappa shape index (κ1) is 28.2. The lowest BCUT2D eigenvalue weighted by Crippen LogP contribution is -2.61. The Morgan fingerprint density at radius 1 is 1.11 bits per heavy atom. The van der Waals surface area contributed by atoms with Crippen LogP contribution in [0.5, 0.6) is 0 Å². The zero-order chi connectivity index (χ0) is 26.7. The Morgan fingerprint density at radius 2 is 1.81 bits per heavy atom. The number of hydrogen-bond donors (Lipinski definition) is 3. The van der Waals surface area contributed by atoms with Crippen molar-refractivity contribution >= 4 is 16.1 Å². The molecule has 10 atom stereocenters. The van der Waals surface area contributed by atoms with Gasteiger partial charge in [-0.05, 0) is 91.3 Å². The van der Waals surface area contributed by atoms with E-state index in [0.29, 0.717) is 24.7 Å². The van der Waals surface area contributed by atoms with E-state index >= 15 is 0 Å². The van der Waals surface area contributed by atoms with Gasteiger partial charge in [-0.25, -0.2) is 0 Å². The molecule has 0 spiro atoms. The predicted molar refractivity (Wildman–Crippen MR) is 128 cm³/mol. The number of aliphatic hydroxyl groups is 2. The average molecular weight is 537 g/mol. The molecule has 4 fully saturated rings. The number of esters is 1. The lowest BCUT2D eigenvalue weighted by Gasteiger charge is -2.63. The molecule has 0 radical (unpaired) electrons. The van der Waals surface area contributed by atoms with Gasteiger partial charge in [-0.15, -0.1) is 0 Å². The summed E-state index contributed by atoms with van der Waals surface area (Å²) in [5.74, 6) is 0.307. The quantitative estimate of drug-likeness (QED) is 0.325. The van der Waals surface area contributed by atoms with E-state index in [0.717, 1.165) is 32.1 Å². The minimum Gasteiger partial charge on any atom is -0.458 e. The summed E-state index contributed by atoms with van der Waals surface area (Å²) in [5, 5.41) is 18.4. The van der Waals surface area contributed by atoms with Crippen LogP contribution in [0.25, 0.3) is 0 Å². The lowest BCUT2D eigenvalue weighted by atomic mass is 9.43. The maximum atomic E-state index is 13.3. The van der Waals surface area contributed by atoms with Crippen molar-refractivity contribution in [1.82, 2.24) is 0 Å². The van der Waals surface area contributed by atoms with E-state index in [1.54, 1.807) is 0 Å². The number of ether oxygens (including phenoxy) is 1. The number of hydrogen-bond acceptors (Lipinski definition) is 6. The van der Waals surface area contributed by atoms with Crippen molar-refractivity contribution in [1.29, 1.82) is 0 Å². The van der Waals surface area contributed by atoms with Crippen LogP contribution in [0.3, 0.4) is 0 Å². The lowest BCUT2D eigenvalue weighted by molar-refractivity contribution is -0.201. The van der Waals surface area contributed by atoms with E-state index in [2.05, 4.69) is 18.6 Å². The summed E-state index contributed by atoms with van der Waals surface area (Å²) in [6.45, 7) is 4.77. The summed E-state index contributed by atoms with van der Waals surface area (Å²) in [4.78, 5) is 12.0. The van der Waals surface area contributed by atoms with Crippen LogP contribution in [0, 0.1) is 46.3 Å². The van der Waals surface area contributed by atoms with Crippen LogP contribution in [-0.4, -0.2) is 53.2 Å². The molecule has 36 heavy (non-hydrogen) atoms. The normalized spacial score (nSPS) is 43.7. The minimum absolute atomic E-state index is 0.000385. The number of aliphatic hydroxyl groups excluding tert-OH is 2. The van der Waals surface area contributed by atoms with Gasteiger partial charge in [-0.2, -0.15) is 17.2 Å². The third kappa shape index (κ3) is 4.62. The Labute approximate surface area is 213 Å². The molecule has 0 bridgehead atoms. The number of carbonyl (C=O) groups excluding carboxylic acids is 1. The topological polar surface area (TPSA) is 121 Å². The van der Waals surface area contributed by atoms with Gasteiger partial charge in [0.15, 0.2) is 6.61 Å². The van der Waals surface area contributed by atoms with Crippen LogP contribution in [-0.2, 0) is 19.6 Å². The fourth-order valence-electron chi connectivity index (χ4n) is 9.04. The molecule has 4 aliphatic carbocycles. The zero-order valence-corrected chi connectivity index (χ0v) is 22.4. The average Bonchev–Trinajstić information content (AvgIpc) is 3.15. The highest BCUT2D eigenvalue weighted by atomic mass is 32.2. The molecule has 0 aromatic rings. The van der Waals surface area contributed by atoms with Gasteiger partial charge in [0, 0.05) is 6.42 Å². The summed E-state index contributed by atoms with van der Waals surface area (Å²) in [7, 11) is -5.66. The van der Waals surface area contributed by atoms with Crippen LogP contribution >= 0.6 is 0 Å². The van der Waals surface area contributed by atoms with Crippen LogP contribution in [0.2, 0.25) is 0 Å². The van der Waals surface area contributed by atoms with E-state index in [9.17, 15) is 32.2 Å². The van der Waals surface area contributed by atoms with Crippen molar-refractivity contribution in [2.45, 2.75) is 102 Å². The fourth-order valence-corrected chi connectivity index (χ4v) is 9.25. The van der Waals surface area contributed by atoms with Crippen LogP contribution in [0.15, 0.2) is 0 Å². The smallest absolute Gasteiger partial charge is 0.402 e. The van der Waals surface area contributed by atoms with Crippen LogP contribution < -0.4 is 0 Å². The molecule has 0 amide bonds. The summed E-state index contributed by atoms with van der Waals surface area (Å²) in [6.07, 6.45) is 7.33. The second kappa shape index (κ2) is 9.72. The molecular weight excluding hydrogens is 494 g/mol. The molecule has 7 nitrogen and oxygen atoms in total. The van der Waals surface area contributed by atoms with Gasteiger partial charge in [0.2, 0.25) is 0 Å². The van der Waals surface area contributed by atoms with Crippen molar-refractivity contribution in [3.05, 3.63) is 0 Å². The number of alkyl halides is 2. The summed E-state index contributed by atoms with van der Waals surface area (Å²) >= 11 is 0. The Kier molecular flexibility index (Phi) is 7.61. The maximum Gasteiger partial charge on any atom is 0.402 e. The summed E-state index contributed by atoms with van der Waals surface area (Å²) < 4.78 is 61.1. The molecule has 0 aromatic carbocycles. The SMILES string of the molecule is C[C@H](CCC(=O)OCC(F)(F)S(=O)(=O)O)[C@H]1CC[C@H]2[C@@H]3[C@H](O)C[C@@H]4CCCC[C@]4(C)[C@H]3C[C@H](O)[C@]12C. The largest absolute Gasteiger partial charge is 0.458 e. The molecule has 0 unspecified atom stereocenters. The molecule has 10 heteroatoms. The van der Waals surface area contributed by atoms with Crippen molar-refractivity contribution in [2.75, 3.05) is 6.61 Å². The van der Waals surface area contributed by atoms with Crippen molar-refractivity contribution in [3.8, 4) is 0 Å². The first-order chi connectivity index (χ1) is 16.6. The first-order valence-electron chi connectivity index (χ1n) is 13.5. The Balaban J connectivity index is 1.42. The third-order valence-electron chi connectivity index (χ3n) is 11.0. The van der Waals surface area contributed by atoms with Crippen molar-refractivity contribution in [2.24, 2.45) is 46.3 Å². The molecule has 4 aliphatic rings. The monoisotopic (exact) mass is 536 g/mol. The summed E-state index contributed by atoms with van der Waals surface area (Å²) in [6, 6.07) is 0. The van der Waals surface area contributed by atoms with E-state index < -0.39 is 39.5 Å². The molecule has 208 valence electrons. The van der Waals surface area contributed by atoms with Gasteiger partial charge >= 0.3 is 21.3 Å². The molecule has 0 saturated heterocycles. The van der Waals surface area contributed by atoms with Gasteiger partial charge in [0.25, 0.3) is 0 Å². The van der Waals surface area contributed by atoms with E-state index in [1.165, 1.54) is 12.8 Å². The Bertz CT molecular complexity index is 943. The van der Waals surface area contributed by atoms with E-state index in [1.807, 2.05) is 6.92 Å². The molecule has 4 saturated carbocycles. The van der Waals surface area contributed by atoms with Gasteiger partial charge < -0.3 is 14.9 Å². The molecule has 0 aromatic heterocycles. The standard InChI is InChI=1S/C26H42F2O7S/c1-15(7-10-22(31)35-14-26(27,28)36(32,33)34)17-8-9-18-23-19(13-21(30)25(17,18)3)24(2)11-5-4-6-16(24)12-20(23)29/h15-21,23,29-30H,4-14H2,1-3H3,(H,32,33,34)/t15-,16+,17-,18+,19+,20-,21+,23+,24+,25-/m1/s1. The Morgan fingerprint density at radius 3 is 2.47 bits per heavy atom. The molecule has 0 heterocycles. The maximum absolute atomic E-state index is 13.3.